The standard InChI is InChI=1S/C22H27ClN2O3S/c1-17-13-14-18(23)15-21(17)25(29(27,28)20-11-7-4-8-12-20)16-22(26)24(2)19-9-5-3-6-10-19/h4,7-8,11-15,19H,3,5-6,9-10,16H2,1-2H3. The topological polar surface area (TPSA) is 57.7 Å². The Morgan fingerprint density at radius 1 is 1.07 bits per heavy atom. The molecule has 0 N–H and O–H groups in total. The van der Waals surface area contributed by atoms with Crippen molar-refractivity contribution in [3.63, 3.8) is 0 Å². The Labute approximate surface area is 178 Å². The number of rotatable bonds is 6. The Morgan fingerprint density at radius 3 is 2.38 bits per heavy atom. The van der Waals surface area contributed by atoms with Crippen molar-refractivity contribution < 1.29 is 13.2 Å². The maximum Gasteiger partial charge on any atom is 0.264 e. The second kappa shape index (κ2) is 9.18. The summed E-state index contributed by atoms with van der Waals surface area (Å²) in [5.74, 6) is -0.212. The number of anilines is 1. The van der Waals surface area contributed by atoms with E-state index in [0.29, 0.717) is 10.7 Å². The molecule has 1 fully saturated rings. The quantitative estimate of drug-likeness (QED) is 0.665. The zero-order chi connectivity index (χ0) is 21.0. The first-order valence-electron chi connectivity index (χ1n) is 9.90. The molecule has 0 radical (unpaired) electrons. The van der Waals surface area contributed by atoms with Gasteiger partial charge in [-0.15, -0.1) is 0 Å². The van der Waals surface area contributed by atoms with E-state index in [4.69, 9.17) is 11.6 Å². The van der Waals surface area contributed by atoms with Crippen molar-refractivity contribution in [3.8, 4) is 0 Å². The SMILES string of the molecule is Cc1ccc(Cl)cc1N(CC(=O)N(C)C1CCCCC1)S(=O)(=O)c1ccccc1. The number of likely N-dealkylation sites (N-methyl/N-ethyl adjacent to an activating group) is 1. The molecule has 1 amide bonds. The Balaban J connectivity index is 1.97. The van der Waals surface area contributed by atoms with Crippen molar-refractivity contribution in [2.45, 2.75) is 50.0 Å². The third-order valence-electron chi connectivity index (χ3n) is 5.57. The molecule has 3 rings (SSSR count). The fourth-order valence-corrected chi connectivity index (χ4v) is 5.43. The summed E-state index contributed by atoms with van der Waals surface area (Å²) in [5.41, 5.74) is 1.16. The molecule has 1 saturated carbocycles. The van der Waals surface area contributed by atoms with Gasteiger partial charge in [-0.2, -0.15) is 0 Å². The van der Waals surface area contributed by atoms with Gasteiger partial charge in [-0.3, -0.25) is 9.10 Å². The normalized spacial score (nSPS) is 15.1. The highest BCUT2D eigenvalue weighted by molar-refractivity contribution is 7.92. The monoisotopic (exact) mass is 434 g/mol. The molecule has 0 aromatic heterocycles. The molecule has 1 aliphatic rings. The maximum atomic E-state index is 13.4. The molecular weight excluding hydrogens is 408 g/mol. The predicted molar refractivity (Wildman–Crippen MR) is 117 cm³/mol. The van der Waals surface area contributed by atoms with Crippen LogP contribution < -0.4 is 4.31 Å². The van der Waals surface area contributed by atoms with Gasteiger partial charge in [-0.05, 0) is 49.6 Å². The van der Waals surface area contributed by atoms with Crippen LogP contribution in [-0.2, 0) is 14.8 Å². The van der Waals surface area contributed by atoms with Crippen LogP contribution in [-0.4, -0.2) is 38.9 Å². The zero-order valence-corrected chi connectivity index (χ0v) is 18.4. The summed E-state index contributed by atoms with van der Waals surface area (Å²) in [6.45, 7) is 1.56. The minimum absolute atomic E-state index is 0.146. The number of nitrogens with zero attached hydrogens (tertiary/aromatic N) is 2. The van der Waals surface area contributed by atoms with E-state index >= 15 is 0 Å². The van der Waals surface area contributed by atoms with Crippen molar-refractivity contribution in [3.05, 3.63) is 59.1 Å². The first-order chi connectivity index (χ1) is 13.8. The lowest BCUT2D eigenvalue weighted by atomic mass is 9.94. The van der Waals surface area contributed by atoms with Gasteiger partial charge in [0.2, 0.25) is 5.91 Å². The average molecular weight is 435 g/mol. The molecule has 29 heavy (non-hydrogen) atoms. The highest BCUT2D eigenvalue weighted by Crippen LogP contribution is 2.30. The van der Waals surface area contributed by atoms with Gasteiger partial charge in [0.15, 0.2) is 0 Å². The van der Waals surface area contributed by atoms with Crippen molar-refractivity contribution in [1.29, 1.82) is 0 Å². The molecule has 2 aromatic rings. The third-order valence-corrected chi connectivity index (χ3v) is 7.57. The van der Waals surface area contributed by atoms with Crippen molar-refractivity contribution in [2.24, 2.45) is 0 Å². The summed E-state index contributed by atoms with van der Waals surface area (Å²) in [6, 6.07) is 13.4. The molecule has 5 nitrogen and oxygen atoms in total. The van der Waals surface area contributed by atoms with Gasteiger partial charge < -0.3 is 4.90 Å². The van der Waals surface area contributed by atoms with Crippen LogP contribution in [0.2, 0.25) is 5.02 Å². The van der Waals surface area contributed by atoms with Crippen LogP contribution >= 0.6 is 11.6 Å². The number of carbonyl (C=O) groups excluding carboxylic acids is 1. The van der Waals surface area contributed by atoms with Gasteiger partial charge in [0, 0.05) is 18.1 Å². The molecule has 0 bridgehead atoms. The van der Waals surface area contributed by atoms with Crippen molar-refractivity contribution in [2.75, 3.05) is 17.9 Å². The Bertz CT molecular complexity index is 957. The van der Waals surface area contributed by atoms with E-state index in [1.165, 1.54) is 22.9 Å². The molecule has 0 atom stereocenters. The number of hydrogen-bond acceptors (Lipinski definition) is 3. The van der Waals surface area contributed by atoms with Crippen LogP contribution in [0.15, 0.2) is 53.4 Å². The van der Waals surface area contributed by atoms with Crippen LogP contribution in [0.4, 0.5) is 5.69 Å². The lowest BCUT2D eigenvalue weighted by molar-refractivity contribution is -0.130. The highest BCUT2D eigenvalue weighted by atomic mass is 35.5. The summed E-state index contributed by atoms with van der Waals surface area (Å²) in [7, 11) is -2.15. The summed E-state index contributed by atoms with van der Waals surface area (Å²) < 4.78 is 28.1. The van der Waals surface area contributed by atoms with E-state index in [9.17, 15) is 13.2 Å². The van der Waals surface area contributed by atoms with Gasteiger partial charge >= 0.3 is 0 Å². The van der Waals surface area contributed by atoms with Crippen LogP contribution in [0, 0.1) is 6.92 Å². The zero-order valence-electron chi connectivity index (χ0n) is 16.8. The number of benzene rings is 2. The first-order valence-corrected chi connectivity index (χ1v) is 11.7. The number of hydrogen-bond donors (Lipinski definition) is 0. The van der Waals surface area contributed by atoms with E-state index in [0.717, 1.165) is 31.2 Å². The van der Waals surface area contributed by atoms with E-state index in [1.807, 2.05) is 6.92 Å². The summed E-state index contributed by atoms with van der Waals surface area (Å²) in [4.78, 5) is 14.9. The number of amides is 1. The fraction of sp³-hybridized carbons (Fsp3) is 0.409. The van der Waals surface area contributed by atoms with Crippen LogP contribution in [0.25, 0.3) is 0 Å². The van der Waals surface area contributed by atoms with Crippen LogP contribution in [0.3, 0.4) is 0 Å². The number of aryl methyl sites for hydroxylation is 1. The van der Waals surface area contributed by atoms with E-state index in [1.54, 1.807) is 48.3 Å². The predicted octanol–water partition coefficient (Wildman–Crippen LogP) is 4.63. The molecule has 2 aromatic carbocycles. The molecule has 0 unspecified atom stereocenters. The highest BCUT2D eigenvalue weighted by Gasteiger charge is 2.31. The summed E-state index contributed by atoms with van der Waals surface area (Å²) in [5, 5.41) is 0.423. The molecule has 156 valence electrons. The van der Waals surface area contributed by atoms with Crippen LogP contribution in [0.1, 0.15) is 37.7 Å². The maximum absolute atomic E-state index is 13.4. The van der Waals surface area contributed by atoms with Gasteiger partial charge in [0.25, 0.3) is 10.0 Å². The Morgan fingerprint density at radius 2 is 1.72 bits per heavy atom. The smallest absolute Gasteiger partial charge is 0.264 e. The van der Waals surface area contributed by atoms with Crippen molar-refractivity contribution >= 4 is 33.2 Å². The Hall–Kier alpha value is -2.05. The average Bonchev–Trinajstić information content (AvgIpc) is 2.74. The van der Waals surface area contributed by atoms with E-state index < -0.39 is 10.0 Å². The number of carbonyl (C=O) groups is 1. The number of halogens is 1. The second-order valence-corrected chi connectivity index (χ2v) is 9.85. The molecule has 0 spiro atoms. The molecule has 0 heterocycles. The van der Waals surface area contributed by atoms with Gasteiger partial charge in [-0.25, -0.2) is 8.42 Å². The van der Waals surface area contributed by atoms with Gasteiger partial charge in [-0.1, -0.05) is 55.1 Å². The first kappa shape index (κ1) is 21.7. The molecule has 0 aliphatic heterocycles. The summed E-state index contributed by atoms with van der Waals surface area (Å²) >= 11 is 6.16. The van der Waals surface area contributed by atoms with Crippen LogP contribution in [0.5, 0.6) is 0 Å². The van der Waals surface area contributed by atoms with Gasteiger partial charge in [0.1, 0.15) is 6.54 Å². The van der Waals surface area contributed by atoms with Gasteiger partial charge in [0.05, 0.1) is 10.6 Å². The molecule has 7 heteroatoms. The van der Waals surface area contributed by atoms with E-state index in [2.05, 4.69) is 0 Å². The second-order valence-electron chi connectivity index (χ2n) is 7.55. The number of sulfonamides is 1. The molecular formula is C22H27ClN2O3S. The fourth-order valence-electron chi connectivity index (χ4n) is 3.78. The van der Waals surface area contributed by atoms with Crippen molar-refractivity contribution in [1.82, 2.24) is 4.90 Å². The third kappa shape index (κ3) is 4.93. The summed E-state index contributed by atoms with van der Waals surface area (Å²) in [6.07, 6.45) is 5.31. The lowest BCUT2D eigenvalue weighted by Gasteiger charge is -2.33. The lowest BCUT2D eigenvalue weighted by Crippen LogP contribution is -2.46. The van der Waals surface area contributed by atoms with E-state index in [-0.39, 0.29) is 23.4 Å². The largest absolute Gasteiger partial charge is 0.341 e. The molecule has 1 aliphatic carbocycles. The minimum atomic E-state index is -3.93. The minimum Gasteiger partial charge on any atom is -0.341 e. The molecule has 0 saturated heterocycles. The Kier molecular flexibility index (Phi) is 6.85.